The van der Waals surface area contributed by atoms with E-state index in [1.807, 2.05) is 12.3 Å². The van der Waals surface area contributed by atoms with Crippen molar-refractivity contribution in [3.8, 4) is 0 Å². The molecule has 1 aromatic rings. The Balaban J connectivity index is 1.97. The van der Waals surface area contributed by atoms with Crippen molar-refractivity contribution in [2.45, 2.75) is 38.8 Å². The number of pyridine rings is 1. The van der Waals surface area contributed by atoms with Crippen molar-refractivity contribution in [2.24, 2.45) is 5.73 Å². The van der Waals surface area contributed by atoms with Crippen LogP contribution in [0.4, 0.5) is 0 Å². The van der Waals surface area contributed by atoms with E-state index in [1.165, 1.54) is 18.4 Å². The lowest BCUT2D eigenvalue weighted by Gasteiger charge is -2.21. The second-order valence-electron chi connectivity index (χ2n) is 4.74. The monoisotopic (exact) mass is 232 g/mol. The summed E-state index contributed by atoms with van der Waals surface area (Å²) in [6.45, 7) is 3.85. The van der Waals surface area contributed by atoms with E-state index in [0.29, 0.717) is 12.5 Å². The summed E-state index contributed by atoms with van der Waals surface area (Å²) in [6.07, 6.45) is 5.04. The number of nitrogens with one attached hydrogen (secondary N) is 1. The second-order valence-corrected chi connectivity index (χ2v) is 4.74. The molecule has 1 aliphatic carbocycles. The molecule has 0 atom stereocenters. The molecule has 0 amide bonds. The summed E-state index contributed by atoms with van der Waals surface area (Å²) >= 11 is 0. The first-order chi connectivity index (χ1) is 8.16. The van der Waals surface area contributed by atoms with Gasteiger partial charge in [0.1, 0.15) is 0 Å². The number of aryl methyl sites for hydroxylation is 1. The fourth-order valence-electron chi connectivity index (χ4n) is 1.97. The van der Waals surface area contributed by atoms with Crippen molar-refractivity contribution < 1.29 is 0 Å². The molecule has 1 fully saturated rings. The number of amidine groups is 1. The minimum Gasteiger partial charge on any atom is -0.388 e. The molecule has 1 aliphatic rings. The van der Waals surface area contributed by atoms with Crippen LogP contribution in [0, 0.1) is 12.3 Å². The van der Waals surface area contributed by atoms with Crippen LogP contribution >= 0.6 is 0 Å². The summed E-state index contributed by atoms with van der Waals surface area (Å²) in [5.41, 5.74) is 7.80. The minimum absolute atomic E-state index is 0.272. The predicted molar refractivity (Wildman–Crippen MR) is 68.9 cm³/mol. The van der Waals surface area contributed by atoms with Crippen molar-refractivity contribution in [1.29, 1.82) is 5.41 Å². The number of hydrogen-bond acceptors (Lipinski definition) is 3. The molecule has 3 N–H and O–H groups in total. The summed E-state index contributed by atoms with van der Waals surface area (Å²) in [7, 11) is 0. The van der Waals surface area contributed by atoms with E-state index in [1.54, 1.807) is 0 Å². The Hall–Kier alpha value is -1.42. The quantitative estimate of drug-likeness (QED) is 0.579. The molecule has 0 aromatic carbocycles. The van der Waals surface area contributed by atoms with Crippen LogP contribution in [-0.2, 0) is 6.54 Å². The van der Waals surface area contributed by atoms with Crippen LogP contribution in [0.2, 0.25) is 0 Å². The highest BCUT2D eigenvalue weighted by atomic mass is 15.2. The van der Waals surface area contributed by atoms with Gasteiger partial charge in [0.2, 0.25) is 0 Å². The molecule has 1 aromatic heterocycles. The van der Waals surface area contributed by atoms with Gasteiger partial charge in [0, 0.05) is 31.7 Å². The topological polar surface area (TPSA) is 66.0 Å². The van der Waals surface area contributed by atoms with Gasteiger partial charge in [-0.25, -0.2) is 0 Å². The lowest BCUT2D eigenvalue weighted by molar-refractivity contribution is 0.258. The highest BCUT2D eigenvalue weighted by molar-refractivity contribution is 5.76. The fraction of sp³-hybridized carbons (Fsp3) is 0.538. The SMILES string of the molecule is Cc1cccnc1CN(CCC(=N)N)C1CC1. The number of nitrogens with two attached hydrogens (primary N) is 1. The molecule has 92 valence electrons. The zero-order valence-electron chi connectivity index (χ0n) is 10.3. The summed E-state index contributed by atoms with van der Waals surface area (Å²) in [6, 6.07) is 4.74. The normalized spacial score (nSPS) is 15.2. The highest BCUT2D eigenvalue weighted by Gasteiger charge is 2.29. The van der Waals surface area contributed by atoms with Crippen LogP contribution in [-0.4, -0.2) is 28.3 Å². The van der Waals surface area contributed by atoms with Gasteiger partial charge >= 0.3 is 0 Å². The van der Waals surface area contributed by atoms with Gasteiger partial charge in [0.25, 0.3) is 0 Å². The lowest BCUT2D eigenvalue weighted by atomic mass is 10.2. The number of aromatic nitrogens is 1. The maximum atomic E-state index is 7.31. The fourth-order valence-corrected chi connectivity index (χ4v) is 1.97. The molecule has 0 bridgehead atoms. The Morgan fingerprint density at radius 3 is 2.94 bits per heavy atom. The lowest BCUT2D eigenvalue weighted by Crippen LogP contribution is -2.30. The Kier molecular flexibility index (Phi) is 3.74. The predicted octanol–water partition coefficient (Wildman–Crippen LogP) is 1.68. The van der Waals surface area contributed by atoms with Crippen LogP contribution in [0.5, 0.6) is 0 Å². The Labute approximate surface area is 102 Å². The van der Waals surface area contributed by atoms with E-state index in [9.17, 15) is 0 Å². The van der Waals surface area contributed by atoms with Gasteiger partial charge in [-0.05, 0) is 31.4 Å². The average molecular weight is 232 g/mol. The summed E-state index contributed by atoms with van der Waals surface area (Å²) in [5, 5.41) is 7.31. The van der Waals surface area contributed by atoms with Crippen molar-refractivity contribution in [1.82, 2.24) is 9.88 Å². The van der Waals surface area contributed by atoms with Gasteiger partial charge in [0.05, 0.1) is 11.5 Å². The first-order valence-electron chi connectivity index (χ1n) is 6.14. The van der Waals surface area contributed by atoms with Gasteiger partial charge in [-0.1, -0.05) is 6.07 Å². The smallest absolute Gasteiger partial charge is 0.0918 e. The zero-order valence-corrected chi connectivity index (χ0v) is 10.3. The van der Waals surface area contributed by atoms with Gasteiger partial charge in [-0.3, -0.25) is 15.3 Å². The van der Waals surface area contributed by atoms with Crippen LogP contribution in [0.3, 0.4) is 0 Å². The third-order valence-corrected chi connectivity index (χ3v) is 3.20. The van der Waals surface area contributed by atoms with Crippen molar-refractivity contribution in [3.05, 3.63) is 29.6 Å². The van der Waals surface area contributed by atoms with E-state index in [4.69, 9.17) is 11.1 Å². The number of rotatable bonds is 6. The van der Waals surface area contributed by atoms with E-state index in [0.717, 1.165) is 18.8 Å². The summed E-state index contributed by atoms with van der Waals surface area (Å²) < 4.78 is 0. The van der Waals surface area contributed by atoms with Crippen molar-refractivity contribution >= 4 is 5.84 Å². The molecule has 4 heteroatoms. The molecule has 0 saturated heterocycles. The molecule has 1 saturated carbocycles. The van der Waals surface area contributed by atoms with Gasteiger partial charge in [0.15, 0.2) is 0 Å². The molecular formula is C13H20N4. The maximum Gasteiger partial charge on any atom is 0.0918 e. The van der Waals surface area contributed by atoms with Crippen molar-refractivity contribution in [3.63, 3.8) is 0 Å². The Morgan fingerprint density at radius 2 is 2.35 bits per heavy atom. The van der Waals surface area contributed by atoms with Crippen molar-refractivity contribution in [2.75, 3.05) is 6.54 Å². The van der Waals surface area contributed by atoms with Crippen LogP contribution in [0.25, 0.3) is 0 Å². The van der Waals surface area contributed by atoms with Crippen LogP contribution < -0.4 is 5.73 Å². The third kappa shape index (κ3) is 3.53. The number of hydrogen-bond donors (Lipinski definition) is 2. The van der Waals surface area contributed by atoms with Crippen LogP contribution in [0.15, 0.2) is 18.3 Å². The molecule has 4 nitrogen and oxygen atoms in total. The number of nitrogens with zero attached hydrogens (tertiary/aromatic N) is 2. The van der Waals surface area contributed by atoms with E-state index in [2.05, 4.69) is 22.9 Å². The minimum atomic E-state index is 0.272. The van der Waals surface area contributed by atoms with Gasteiger partial charge < -0.3 is 5.73 Å². The molecule has 17 heavy (non-hydrogen) atoms. The average Bonchev–Trinajstić information content (AvgIpc) is 3.10. The third-order valence-electron chi connectivity index (χ3n) is 3.20. The first kappa shape index (κ1) is 12.0. The van der Waals surface area contributed by atoms with E-state index < -0.39 is 0 Å². The standard InChI is InChI=1S/C13H20N4/c1-10-3-2-7-16-12(10)9-17(11-4-5-11)8-6-13(14)15/h2-3,7,11H,4-6,8-9H2,1H3,(H3,14,15). The maximum absolute atomic E-state index is 7.31. The molecule has 2 rings (SSSR count). The first-order valence-corrected chi connectivity index (χ1v) is 6.14. The highest BCUT2D eigenvalue weighted by Crippen LogP contribution is 2.28. The molecule has 0 spiro atoms. The molecule has 1 heterocycles. The zero-order chi connectivity index (χ0) is 12.3. The summed E-state index contributed by atoms with van der Waals surface area (Å²) in [4.78, 5) is 6.83. The van der Waals surface area contributed by atoms with Gasteiger partial charge in [-0.2, -0.15) is 0 Å². The Morgan fingerprint density at radius 1 is 1.59 bits per heavy atom. The molecule has 0 unspecified atom stereocenters. The largest absolute Gasteiger partial charge is 0.388 e. The van der Waals surface area contributed by atoms with Gasteiger partial charge in [-0.15, -0.1) is 0 Å². The Bertz CT molecular complexity index is 398. The molecule has 0 radical (unpaired) electrons. The second kappa shape index (κ2) is 5.27. The molecule has 0 aliphatic heterocycles. The van der Waals surface area contributed by atoms with E-state index in [-0.39, 0.29) is 5.84 Å². The van der Waals surface area contributed by atoms with E-state index >= 15 is 0 Å². The molecular weight excluding hydrogens is 212 g/mol. The van der Waals surface area contributed by atoms with Crippen LogP contribution in [0.1, 0.15) is 30.5 Å². The summed E-state index contributed by atoms with van der Waals surface area (Å²) in [5.74, 6) is 0.272.